The van der Waals surface area contributed by atoms with Crippen molar-refractivity contribution >= 4 is 23.2 Å². The summed E-state index contributed by atoms with van der Waals surface area (Å²) in [7, 11) is 0. The molecule has 1 aromatic heterocycles. The van der Waals surface area contributed by atoms with Gasteiger partial charge in [-0.25, -0.2) is 0 Å². The summed E-state index contributed by atoms with van der Waals surface area (Å²) in [5.41, 5.74) is 0.583. The third kappa shape index (κ3) is 2.93. The second-order valence-electron chi connectivity index (χ2n) is 3.75. The lowest BCUT2D eigenvalue weighted by Gasteiger charge is -2.09. The lowest BCUT2D eigenvalue weighted by Crippen LogP contribution is -1.95. The van der Waals surface area contributed by atoms with Crippen molar-refractivity contribution in [2.24, 2.45) is 0 Å². The molecule has 0 fully saturated rings. The smallest absolute Gasteiger partial charge is 0.147 e. The fraction of sp³-hybridized carbons (Fsp3) is 0.154. The molecule has 0 spiro atoms. The zero-order chi connectivity index (χ0) is 13.1. The molecular formula is C13H11Cl2NO2. The Morgan fingerprint density at radius 2 is 2.00 bits per heavy atom. The van der Waals surface area contributed by atoms with Gasteiger partial charge in [0, 0.05) is 0 Å². The molecule has 1 aromatic carbocycles. The van der Waals surface area contributed by atoms with Gasteiger partial charge < -0.3 is 9.84 Å². The van der Waals surface area contributed by atoms with Crippen LogP contribution in [0.25, 0.3) is 0 Å². The number of hydrogen-bond donors (Lipinski definition) is 1. The van der Waals surface area contributed by atoms with Crippen molar-refractivity contribution in [3.63, 3.8) is 0 Å². The second kappa shape index (κ2) is 5.57. The summed E-state index contributed by atoms with van der Waals surface area (Å²) in [6, 6.07) is 8.56. The summed E-state index contributed by atoms with van der Waals surface area (Å²) in [5, 5.41) is 10.1. The molecule has 0 amide bonds. The molecule has 1 N–H and O–H groups in total. The Hall–Kier alpha value is -1.29. The van der Waals surface area contributed by atoms with Gasteiger partial charge in [0.2, 0.25) is 0 Å². The SMILES string of the molecule is C[C@H](O)c1ccc(Oc2cccc(Cl)c2Cl)cn1. The molecular weight excluding hydrogens is 273 g/mol. The van der Waals surface area contributed by atoms with Crippen molar-refractivity contribution < 1.29 is 9.84 Å². The Labute approximate surface area is 115 Å². The molecule has 1 atom stereocenters. The topological polar surface area (TPSA) is 42.4 Å². The van der Waals surface area contributed by atoms with Gasteiger partial charge >= 0.3 is 0 Å². The molecule has 1 heterocycles. The number of ether oxygens (including phenoxy) is 1. The summed E-state index contributed by atoms with van der Waals surface area (Å²) < 4.78 is 5.56. The quantitative estimate of drug-likeness (QED) is 0.916. The molecule has 0 saturated heterocycles. The summed E-state index contributed by atoms with van der Waals surface area (Å²) in [4.78, 5) is 4.08. The van der Waals surface area contributed by atoms with Gasteiger partial charge in [0.05, 0.1) is 23.0 Å². The highest BCUT2D eigenvalue weighted by Gasteiger charge is 2.07. The van der Waals surface area contributed by atoms with E-state index in [1.54, 1.807) is 37.3 Å². The van der Waals surface area contributed by atoms with E-state index in [0.717, 1.165) is 0 Å². The summed E-state index contributed by atoms with van der Waals surface area (Å²) in [6.45, 7) is 1.65. The molecule has 3 nitrogen and oxygen atoms in total. The number of aliphatic hydroxyl groups excluding tert-OH is 1. The van der Waals surface area contributed by atoms with Crippen LogP contribution in [0.5, 0.6) is 11.5 Å². The van der Waals surface area contributed by atoms with Gasteiger partial charge in [0.25, 0.3) is 0 Å². The standard InChI is InChI=1S/C13H11Cl2NO2/c1-8(17)11-6-5-9(7-16-11)18-12-4-2-3-10(14)13(12)15/h2-8,17H,1H3/t8-/m0/s1. The van der Waals surface area contributed by atoms with E-state index in [0.29, 0.717) is 27.2 Å². The Balaban J connectivity index is 2.21. The number of hydrogen-bond acceptors (Lipinski definition) is 3. The largest absolute Gasteiger partial charge is 0.454 e. The first-order valence-corrected chi connectivity index (χ1v) is 6.09. The fourth-order valence-electron chi connectivity index (χ4n) is 1.39. The molecule has 0 saturated carbocycles. The van der Waals surface area contributed by atoms with Gasteiger partial charge in [0.1, 0.15) is 16.5 Å². The van der Waals surface area contributed by atoms with Gasteiger partial charge in [-0.15, -0.1) is 0 Å². The minimum atomic E-state index is -0.603. The maximum atomic E-state index is 9.34. The van der Waals surface area contributed by atoms with E-state index in [1.165, 1.54) is 6.20 Å². The monoisotopic (exact) mass is 283 g/mol. The third-order valence-corrected chi connectivity index (χ3v) is 3.13. The van der Waals surface area contributed by atoms with Crippen LogP contribution in [0.15, 0.2) is 36.5 Å². The molecule has 2 aromatic rings. The molecule has 2 rings (SSSR count). The summed E-state index contributed by atoms with van der Waals surface area (Å²) in [6.07, 6.45) is 0.924. The highest BCUT2D eigenvalue weighted by Crippen LogP contribution is 2.34. The highest BCUT2D eigenvalue weighted by atomic mass is 35.5. The number of aliphatic hydroxyl groups is 1. The summed E-state index contributed by atoms with van der Waals surface area (Å²) >= 11 is 11.9. The van der Waals surface area contributed by atoms with Gasteiger partial charge in [-0.05, 0) is 31.2 Å². The van der Waals surface area contributed by atoms with Gasteiger partial charge in [0.15, 0.2) is 0 Å². The van der Waals surface area contributed by atoms with Crippen molar-refractivity contribution in [1.82, 2.24) is 4.98 Å². The molecule has 18 heavy (non-hydrogen) atoms. The van der Waals surface area contributed by atoms with Gasteiger partial charge in [-0.2, -0.15) is 0 Å². The average molecular weight is 284 g/mol. The van der Waals surface area contributed by atoms with E-state index in [2.05, 4.69) is 4.98 Å². The molecule has 5 heteroatoms. The van der Waals surface area contributed by atoms with Gasteiger partial charge in [-0.3, -0.25) is 4.98 Å². The number of rotatable bonds is 3. The second-order valence-corrected chi connectivity index (χ2v) is 4.53. The van der Waals surface area contributed by atoms with E-state index < -0.39 is 6.10 Å². The Morgan fingerprint density at radius 3 is 2.61 bits per heavy atom. The molecule has 0 unspecified atom stereocenters. The van der Waals surface area contributed by atoms with Crippen LogP contribution in [0.1, 0.15) is 18.7 Å². The van der Waals surface area contributed by atoms with Crippen LogP contribution in [-0.4, -0.2) is 10.1 Å². The molecule has 0 radical (unpaired) electrons. The maximum absolute atomic E-state index is 9.34. The molecule has 94 valence electrons. The molecule has 0 bridgehead atoms. The van der Waals surface area contributed by atoms with E-state index in [9.17, 15) is 5.11 Å². The van der Waals surface area contributed by atoms with Crippen LogP contribution in [0.3, 0.4) is 0 Å². The summed E-state index contributed by atoms with van der Waals surface area (Å²) in [5.74, 6) is 0.999. The lowest BCUT2D eigenvalue weighted by atomic mass is 10.2. The van der Waals surface area contributed by atoms with Crippen molar-refractivity contribution in [2.45, 2.75) is 13.0 Å². The minimum Gasteiger partial charge on any atom is -0.454 e. The lowest BCUT2D eigenvalue weighted by molar-refractivity contribution is 0.194. The average Bonchev–Trinajstić information content (AvgIpc) is 2.36. The number of pyridine rings is 1. The van der Waals surface area contributed by atoms with Crippen molar-refractivity contribution in [3.8, 4) is 11.5 Å². The van der Waals surface area contributed by atoms with Crippen molar-refractivity contribution in [1.29, 1.82) is 0 Å². The van der Waals surface area contributed by atoms with Crippen LogP contribution in [0.4, 0.5) is 0 Å². The Morgan fingerprint density at radius 1 is 1.22 bits per heavy atom. The van der Waals surface area contributed by atoms with E-state index in [-0.39, 0.29) is 0 Å². The first-order valence-electron chi connectivity index (χ1n) is 5.34. The van der Waals surface area contributed by atoms with Crippen molar-refractivity contribution in [3.05, 3.63) is 52.3 Å². The maximum Gasteiger partial charge on any atom is 0.147 e. The van der Waals surface area contributed by atoms with Crippen LogP contribution in [-0.2, 0) is 0 Å². The highest BCUT2D eigenvalue weighted by molar-refractivity contribution is 6.42. The third-order valence-electron chi connectivity index (χ3n) is 2.33. The number of nitrogens with zero attached hydrogens (tertiary/aromatic N) is 1. The molecule has 0 aliphatic rings. The normalized spacial score (nSPS) is 12.2. The van der Waals surface area contributed by atoms with E-state index in [4.69, 9.17) is 27.9 Å². The first-order chi connectivity index (χ1) is 8.58. The van der Waals surface area contributed by atoms with Crippen LogP contribution in [0, 0.1) is 0 Å². The zero-order valence-corrected chi connectivity index (χ0v) is 11.1. The predicted molar refractivity (Wildman–Crippen MR) is 71.4 cm³/mol. The molecule has 0 aliphatic heterocycles. The first kappa shape index (κ1) is 13.1. The van der Waals surface area contributed by atoms with Crippen LogP contribution < -0.4 is 4.74 Å². The van der Waals surface area contributed by atoms with Gasteiger partial charge in [-0.1, -0.05) is 29.3 Å². The van der Waals surface area contributed by atoms with Crippen molar-refractivity contribution in [2.75, 3.05) is 0 Å². The van der Waals surface area contributed by atoms with Crippen LogP contribution >= 0.6 is 23.2 Å². The fourth-order valence-corrected chi connectivity index (χ4v) is 1.72. The van der Waals surface area contributed by atoms with E-state index >= 15 is 0 Å². The number of benzene rings is 1. The Kier molecular flexibility index (Phi) is 4.07. The number of halogens is 2. The predicted octanol–water partition coefficient (Wildman–Crippen LogP) is 4.23. The Bertz CT molecular complexity index is 541. The van der Waals surface area contributed by atoms with E-state index in [1.807, 2.05) is 0 Å². The number of aromatic nitrogens is 1. The zero-order valence-electron chi connectivity index (χ0n) is 9.60. The minimum absolute atomic E-state index is 0.360. The molecule has 0 aliphatic carbocycles. The van der Waals surface area contributed by atoms with Crippen LogP contribution in [0.2, 0.25) is 10.0 Å².